The molecule has 2 rings (SSSR count). The van der Waals surface area contributed by atoms with Gasteiger partial charge >= 0.3 is 0 Å². The number of benzene rings is 2. The Morgan fingerprint density at radius 1 is 1.14 bits per heavy atom. The monoisotopic (exact) mass is 325 g/mol. The number of rotatable bonds is 4. The average molecular weight is 326 g/mol. The molecule has 0 radical (unpaired) electrons. The molecule has 0 aliphatic carbocycles. The van der Waals surface area contributed by atoms with Crippen molar-refractivity contribution >= 4 is 28.0 Å². The molecule has 0 unspecified atom stereocenters. The minimum atomic E-state index is -4.51. The quantitative estimate of drug-likeness (QED) is 0.665. The van der Waals surface area contributed by atoms with Gasteiger partial charge in [0.15, 0.2) is 6.29 Å². The summed E-state index contributed by atoms with van der Waals surface area (Å²) in [5.74, 6) is 0. The Balaban J connectivity index is 2.96. The second kappa shape index (κ2) is 5.95. The summed E-state index contributed by atoms with van der Waals surface area (Å²) in [7, 11) is -4.51. The third-order valence-corrected chi connectivity index (χ3v) is 4.24. The van der Waals surface area contributed by atoms with Crippen LogP contribution in [0.3, 0.4) is 0 Å². The van der Waals surface area contributed by atoms with Gasteiger partial charge in [-0.25, -0.2) is 0 Å². The van der Waals surface area contributed by atoms with Crippen LogP contribution in [0.25, 0.3) is 11.1 Å². The molecule has 110 valence electrons. The van der Waals surface area contributed by atoms with Crippen LogP contribution in [0.5, 0.6) is 0 Å². The van der Waals surface area contributed by atoms with Crippen LogP contribution in [0.4, 0.5) is 0 Å². The molecule has 2 aromatic carbocycles. The number of hydrogen-bond acceptors (Lipinski definition) is 4. The first-order valence-electron chi connectivity index (χ1n) is 5.93. The van der Waals surface area contributed by atoms with Crippen molar-refractivity contribution in [3.8, 4) is 11.1 Å². The molecular weight excluding hydrogens is 314 g/mol. The molecule has 2 aromatic rings. The van der Waals surface area contributed by atoms with Crippen LogP contribution in [0.1, 0.15) is 15.9 Å². The summed E-state index contributed by atoms with van der Waals surface area (Å²) in [4.78, 5) is 10.9. The van der Waals surface area contributed by atoms with E-state index in [1.165, 1.54) is 18.2 Å². The van der Waals surface area contributed by atoms with Gasteiger partial charge in [-0.2, -0.15) is 8.42 Å². The first kappa shape index (κ1) is 15.7. The molecule has 7 heteroatoms. The van der Waals surface area contributed by atoms with Gasteiger partial charge in [-0.1, -0.05) is 35.9 Å². The summed E-state index contributed by atoms with van der Waals surface area (Å²) in [5.41, 5.74) is 6.71. The molecule has 3 N–H and O–H groups in total. The van der Waals surface area contributed by atoms with Gasteiger partial charge in [0.25, 0.3) is 10.1 Å². The van der Waals surface area contributed by atoms with Gasteiger partial charge in [-0.05, 0) is 17.7 Å². The van der Waals surface area contributed by atoms with Crippen LogP contribution in [-0.2, 0) is 16.7 Å². The minimum absolute atomic E-state index is 0.0565. The van der Waals surface area contributed by atoms with Crippen molar-refractivity contribution in [3.63, 3.8) is 0 Å². The third-order valence-electron chi connectivity index (χ3n) is 3.03. The number of aldehydes is 1. The average Bonchev–Trinajstić information content (AvgIpc) is 2.45. The highest BCUT2D eigenvalue weighted by Gasteiger charge is 2.22. The Morgan fingerprint density at radius 2 is 1.81 bits per heavy atom. The van der Waals surface area contributed by atoms with Crippen LogP contribution < -0.4 is 5.73 Å². The van der Waals surface area contributed by atoms with Crippen molar-refractivity contribution in [2.24, 2.45) is 5.73 Å². The van der Waals surface area contributed by atoms with Crippen molar-refractivity contribution in [2.45, 2.75) is 11.4 Å². The van der Waals surface area contributed by atoms with Gasteiger partial charge in [0.1, 0.15) is 4.90 Å². The molecule has 0 atom stereocenters. The van der Waals surface area contributed by atoms with Crippen LogP contribution >= 0.6 is 11.6 Å². The summed E-state index contributed by atoms with van der Waals surface area (Å²) in [5, 5.41) is 0.247. The second-order valence-electron chi connectivity index (χ2n) is 4.29. The van der Waals surface area contributed by atoms with Crippen LogP contribution in [0.2, 0.25) is 5.02 Å². The first-order valence-corrected chi connectivity index (χ1v) is 7.75. The van der Waals surface area contributed by atoms with Crippen LogP contribution in [0.15, 0.2) is 41.3 Å². The lowest BCUT2D eigenvalue weighted by Gasteiger charge is -2.15. The second-order valence-corrected chi connectivity index (χ2v) is 6.09. The summed E-state index contributed by atoms with van der Waals surface area (Å²) in [6.07, 6.45) is 0.508. The maximum atomic E-state index is 11.6. The maximum absolute atomic E-state index is 11.6. The van der Waals surface area contributed by atoms with Crippen molar-refractivity contribution in [3.05, 3.63) is 52.5 Å². The highest BCUT2D eigenvalue weighted by atomic mass is 35.5. The van der Waals surface area contributed by atoms with Gasteiger partial charge < -0.3 is 5.73 Å². The fourth-order valence-electron chi connectivity index (χ4n) is 2.15. The van der Waals surface area contributed by atoms with Crippen molar-refractivity contribution in [1.82, 2.24) is 0 Å². The number of halogens is 1. The molecule has 0 amide bonds. The van der Waals surface area contributed by atoms with Crippen LogP contribution in [0, 0.1) is 0 Å². The largest absolute Gasteiger partial charge is 0.326 e. The van der Waals surface area contributed by atoms with E-state index in [0.717, 1.165) is 0 Å². The zero-order chi connectivity index (χ0) is 15.6. The van der Waals surface area contributed by atoms with Gasteiger partial charge in [-0.3, -0.25) is 9.35 Å². The zero-order valence-corrected chi connectivity index (χ0v) is 12.4. The van der Waals surface area contributed by atoms with E-state index in [9.17, 15) is 17.8 Å². The zero-order valence-electron chi connectivity index (χ0n) is 10.8. The molecule has 0 fully saturated rings. The molecule has 0 aromatic heterocycles. The number of hydrogen-bond donors (Lipinski definition) is 2. The summed E-state index contributed by atoms with van der Waals surface area (Å²) >= 11 is 6.15. The Bertz CT molecular complexity index is 803. The molecular formula is C14H12ClNO4S. The van der Waals surface area contributed by atoms with E-state index >= 15 is 0 Å². The topological polar surface area (TPSA) is 97.5 Å². The molecule has 0 heterocycles. The Kier molecular flexibility index (Phi) is 4.43. The lowest BCUT2D eigenvalue weighted by atomic mass is 9.95. The van der Waals surface area contributed by atoms with Crippen molar-refractivity contribution in [2.75, 3.05) is 0 Å². The van der Waals surface area contributed by atoms with Gasteiger partial charge in [-0.15, -0.1) is 0 Å². The predicted molar refractivity (Wildman–Crippen MR) is 80.0 cm³/mol. The number of carbonyl (C=O) groups is 1. The van der Waals surface area contributed by atoms with E-state index in [2.05, 4.69) is 0 Å². The van der Waals surface area contributed by atoms with E-state index in [4.69, 9.17) is 17.3 Å². The Hall–Kier alpha value is -1.73. The molecule has 0 bridgehead atoms. The van der Waals surface area contributed by atoms with Crippen LogP contribution in [-0.4, -0.2) is 19.3 Å². The summed E-state index contributed by atoms with van der Waals surface area (Å²) < 4.78 is 32.5. The molecule has 0 aliphatic rings. The minimum Gasteiger partial charge on any atom is -0.326 e. The molecule has 0 saturated heterocycles. The van der Waals surface area contributed by atoms with Gasteiger partial charge in [0, 0.05) is 28.3 Å². The van der Waals surface area contributed by atoms with Gasteiger partial charge in [0.05, 0.1) is 0 Å². The molecule has 0 aliphatic heterocycles. The highest BCUT2D eigenvalue weighted by Crippen LogP contribution is 2.37. The number of nitrogens with two attached hydrogens (primary N) is 1. The SMILES string of the molecule is NCc1cccc(Cl)c1-c1c(C=O)cccc1S(=O)(=O)O. The third kappa shape index (κ3) is 2.98. The smallest absolute Gasteiger partial charge is 0.295 e. The van der Waals surface area contributed by atoms with Gasteiger partial charge in [0.2, 0.25) is 0 Å². The molecule has 0 saturated carbocycles. The maximum Gasteiger partial charge on any atom is 0.295 e. The summed E-state index contributed by atoms with van der Waals surface area (Å²) in [6, 6.07) is 8.93. The normalized spacial score (nSPS) is 11.4. The lowest BCUT2D eigenvalue weighted by molar-refractivity contribution is 0.112. The Morgan fingerprint density at radius 3 is 2.38 bits per heavy atom. The van der Waals surface area contributed by atoms with E-state index in [-0.39, 0.29) is 27.6 Å². The standard InChI is InChI=1S/C14H12ClNO4S/c15-11-5-1-3-9(7-16)13(11)14-10(8-17)4-2-6-12(14)21(18,19)20/h1-6,8H,7,16H2,(H,18,19,20). The molecule has 0 spiro atoms. The van der Waals surface area contributed by atoms with E-state index in [1.54, 1.807) is 18.2 Å². The highest BCUT2D eigenvalue weighted by molar-refractivity contribution is 7.86. The fourth-order valence-corrected chi connectivity index (χ4v) is 3.16. The molecule has 21 heavy (non-hydrogen) atoms. The molecule has 5 nitrogen and oxygen atoms in total. The van der Waals surface area contributed by atoms with E-state index in [1.807, 2.05) is 0 Å². The van der Waals surface area contributed by atoms with E-state index < -0.39 is 10.1 Å². The van der Waals surface area contributed by atoms with Crippen molar-refractivity contribution in [1.29, 1.82) is 0 Å². The first-order chi connectivity index (χ1) is 9.90. The van der Waals surface area contributed by atoms with Crippen molar-refractivity contribution < 1.29 is 17.8 Å². The van der Waals surface area contributed by atoms with E-state index in [0.29, 0.717) is 17.4 Å². The summed E-state index contributed by atoms with van der Waals surface area (Å²) in [6.45, 7) is 0.105. The number of carbonyl (C=O) groups excluding carboxylic acids is 1. The fraction of sp³-hybridized carbons (Fsp3) is 0.0714. The predicted octanol–water partition coefficient (Wildman–Crippen LogP) is 2.52. The Labute approximate surface area is 127 Å². The lowest BCUT2D eigenvalue weighted by Crippen LogP contribution is -2.06.